The normalized spacial score (nSPS) is 11.1. The van der Waals surface area contributed by atoms with Crippen LogP contribution >= 0.6 is 0 Å². The summed E-state index contributed by atoms with van der Waals surface area (Å²) < 4.78 is 0. The van der Waals surface area contributed by atoms with E-state index in [1.165, 1.54) is 43.4 Å². The van der Waals surface area contributed by atoms with Crippen molar-refractivity contribution < 1.29 is 24.6 Å². The molecule has 0 fully saturated rings. The molecule has 2 aromatic carbocycles. The molecule has 2 aromatic rings. The smallest absolute Gasteiger partial charge is 0.336 e. The van der Waals surface area contributed by atoms with Crippen LogP contribution in [0.2, 0.25) is 0 Å². The molecule has 0 saturated heterocycles. The highest BCUT2D eigenvalue weighted by Gasteiger charge is 2.26. The molecule has 8 nitrogen and oxygen atoms in total. The standard InChI is InChI=1S/C19H17N3O5/c1-22(11-20)18(25)16(10-12-6-8-13(23)9-7-12)21-17(24)14-4-2-3-5-15(14)19(26)27/h2-9,16,23H,10H2,1H3,(H,21,24)(H,26,27). The average Bonchev–Trinajstić information content (AvgIpc) is 2.67. The summed E-state index contributed by atoms with van der Waals surface area (Å²) in [5, 5.41) is 30.0. The first-order valence-corrected chi connectivity index (χ1v) is 7.92. The summed E-state index contributed by atoms with van der Waals surface area (Å²) in [4.78, 5) is 37.1. The Balaban J connectivity index is 2.30. The van der Waals surface area contributed by atoms with Crippen LogP contribution in [0.15, 0.2) is 48.5 Å². The molecule has 0 aromatic heterocycles. The summed E-state index contributed by atoms with van der Waals surface area (Å²) in [6, 6.07) is 10.6. The number of likely N-dealkylation sites (N-methyl/N-ethyl adjacent to an activating group) is 1. The van der Waals surface area contributed by atoms with E-state index in [9.17, 15) is 24.6 Å². The van der Waals surface area contributed by atoms with E-state index in [2.05, 4.69) is 5.32 Å². The minimum absolute atomic E-state index is 0.0511. The Kier molecular flexibility index (Phi) is 6.12. The third kappa shape index (κ3) is 4.83. The Morgan fingerprint density at radius 2 is 1.70 bits per heavy atom. The topological polar surface area (TPSA) is 131 Å². The number of aromatic hydroxyl groups is 1. The van der Waals surface area contributed by atoms with Crippen molar-refractivity contribution in [2.75, 3.05) is 7.05 Å². The van der Waals surface area contributed by atoms with Gasteiger partial charge in [0.25, 0.3) is 11.8 Å². The van der Waals surface area contributed by atoms with E-state index in [0.717, 1.165) is 4.90 Å². The quantitative estimate of drug-likeness (QED) is 0.522. The zero-order valence-corrected chi connectivity index (χ0v) is 14.4. The molecule has 0 saturated carbocycles. The van der Waals surface area contributed by atoms with Crippen molar-refractivity contribution in [3.63, 3.8) is 0 Å². The molecule has 2 rings (SSSR count). The van der Waals surface area contributed by atoms with Gasteiger partial charge in [-0.3, -0.25) is 14.5 Å². The lowest BCUT2D eigenvalue weighted by atomic mass is 10.0. The van der Waals surface area contributed by atoms with Crippen LogP contribution in [0.3, 0.4) is 0 Å². The first kappa shape index (κ1) is 19.5. The molecule has 27 heavy (non-hydrogen) atoms. The largest absolute Gasteiger partial charge is 0.508 e. The van der Waals surface area contributed by atoms with Crippen molar-refractivity contribution in [2.24, 2.45) is 0 Å². The number of nitriles is 1. The highest BCUT2D eigenvalue weighted by atomic mass is 16.4. The molecule has 3 N–H and O–H groups in total. The summed E-state index contributed by atoms with van der Waals surface area (Å²) in [7, 11) is 1.27. The number of phenolic OH excluding ortho intramolecular Hbond substituents is 1. The van der Waals surface area contributed by atoms with Gasteiger partial charge in [0.1, 0.15) is 11.8 Å². The molecule has 8 heteroatoms. The van der Waals surface area contributed by atoms with E-state index in [4.69, 9.17) is 5.26 Å². The van der Waals surface area contributed by atoms with E-state index in [-0.39, 0.29) is 23.3 Å². The van der Waals surface area contributed by atoms with Crippen LogP contribution in [0.4, 0.5) is 0 Å². The van der Waals surface area contributed by atoms with Crippen molar-refractivity contribution in [3.05, 3.63) is 65.2 Å². The summed E-state index contributed by atoms with van der Waals surface area (Å²) in [6.07, 6.45) is 1.74. The van der Waals surface area contributed by atoms with E-state index in [0.29, 0.717) is 5.56 Å². The van der Waals surface area contributed by atoms with Gasteiger partial charge in [0.15, 0.2) is 6.19 Å². The van der Waals surface area contributed by atoms with Crippen LogP contribution in [-0.2, 0) is 11.2 Å². The number of carbonyl (C=O) groups is 3. The Morgan fingerprint density at radius 3 is 2.26 bits per heavy atom. The monoisotopic (exact) mass is 367 g/mol. The van der Waals surface area contributed by atoms with Gasteiger partial charge in [0.2, 0.25) is 0 Å². The van der Waals surface area contributed by atoms with Crippen molar-refractivity contribution in [2.45, 2.75) is 12.5 Å². The number of carboxylic acid groups (broad SMARTS) is 1. The maximum Gasteiger partial charge on any atom is 0.336 e. The minimum atomic E-state index is -1.27. The predicted octanol–water partition coefficient (Wildman–Crippen LogP) is 1.37. The third-order valence-corrected chi connectivity index (χ3v) is 3.86. The minimum Gasteiger partial charge on any atom is -0.508 e. The maximum atomic E-state index is 12.6. The number of carboxylic acids is 1. The van der Waals surface area contributed by atoms with Gasteiger partial charge >= 0.3 is 5.97 Å². The van der Waals surface area contributed by atoms with E-state index in [1.54, 1.807) is 18.3 Å². The number of hydrogen-bond donors (Lipinski definition) is 3. The molecule has 0 aliphatic heterocycles. The highest BCUT2D eigenvalue weighted by molar-refractivity contribution is 6.06. The predicted molar refractivity (Wildman–Crippen MR) is 94.8 cm³/mol. The SMILES string of the molecule is CN(C#N)C(=O)C(Cc1ccc(O)cc1)NC(=O)c1ccccc1C(=O)O. The van der Waals surface area contributed by atoms with E-state index < -0.39 is 23.8 Å². The molecular formula is C19H17N3O5. The van der Waals surface area contributed by atoms with E-state index in [1.807, 2.05) is 0 Å². The maximum absolute atomic E-state index is 12.6. The molecule has 138 valence electrons. The van der Waals surface area contributed by atoms with Gasteiger partial charge in [-0.05, 0) is 29.8 Å². The second-order valence-electron chi connectivity index (χ2n) is 5.74. The van der Waals surface area contributed by atoms with Crippen molar-refractivity contribution >= 4 is 17.8 Å². The number of nitrogens with one attached hydrogen (secondary N) is 1. The molecule has 0 heterocycles. The number of rotatable bonds is 6. The van der Waals surface area contributed by atoms with Crippen molar-refractivity contribution in [1.82, 2.24) is 10.2 Å². The van der Waals surface area contributed by atoms with Gasteiger partial charge in [-0.15, -0.1) is 0 Å². The highest BCUT2D eigenvalue weighted by Crippen LogP contribution is 2.14. The zero-order chi connectivity index (χ0) is 20.0. The lowest BCUT2D eigenvalue weighted by molar-refractivity contribution is -0.129. The molecule has 1 atom stereocenters. The van der Waals surface area contributed by atoms with Crippen LogP contribution in [0.1, 0.15) is 26.3 Å². The summed E-state index contributed by atoms with van der Waals surface area (Å²) >= 11 is 0. The van der Waals surface area contributed by atoms with Gasteiger partial charge in [-0.25, -0.2) is 4.79 Å². The fourth-order valence-electron chi connectivity index (χ4n) is 2.45. The summed E-state index contributed by atoms with van der Waals surface area (Å²) in [6.45, 7) is 0. The number of nitrogens with zero attached hydrogens (tertiary/aromatic N) is 2. The lowest BCUT2D eigenvalue weighted by Gasteiger charge is -2.20. The number of aromatic carboxylic acids is 1. The van der Waals surface area contributed by atoms with Crippen molar-refractivity contribution in [1.29, 1.82) is 5.26 Å². The Hall–Kier alpha value is -3.86. The van der Waals surface area contributed by atoms with Crippen LogP contribution in [0, 0.1) is 11.5 Å². The Labute approximate surface area is 155 Å². The van der Waals surface area contributed by atoms with Gasteiger partial charge < -0.3 is 15.5 Å². The molecule has 0 aliphatic carbocycles. The van der Waals surface area contributed by atoms with Gasteiger partial charge in [0.05, 0.1) is 11.1 Å². The Morgan fingerprint density at radius 1 is 1.11 bits per heavy atom. The van der Waals surface area contributed by atoms with Gasteiger partial charge in [0, 0.05) is 13.5 Å². The second-order valence-corrected chi connectivity index (χ2v) is 5.74. The third-order valence-electron chi connectivity index (χ3n) is 3.86. The number of carbonyl (C=O) groups excluding carboxylic acids is 2. The number of hydrogen-bond acceptors (Lipinski definition) is 5. The number of phenols is 1. The average molecular weight is 367 g/mol. The second kappa shape index (κ2) is 8.49. The first-order chi connectivity index (χ1) is 12.8. The number of amides is 2. The molecular weight excluding hydrogens is 350 g/mol. The lowest BCUT2D eigenvalue weighted by Crippen LogP contribution is -2.47. The summed E-state index contributed by atoms with van der Waals surface area (Å²) in [5.41, 5.74) is 0.358. The van der Waals surface area contributed by atoms with Crippen LogP contribution < -0.4 is 5.32 Å². The number of benzene rings is 2. The van der Waals surface area contributed by atoms with Crippen molar-refractivity contribution in [3.8, 4) is 11.9 Å². The molecule has 1 unspecified atom stereocenters. The molecule has 0 aliphatic rings. The van der Waals surface area contributed by atoms with Crippen LogP contribution in [0.25, 0.3) is 0 Å². The fourth-order valence-corrected chi connectivity index (χ4v) is 2.45. The Bertz CT molecular complexity index is 902. The fraction of sp³-hybridized carbons (Fsp3) is 0.158. The van der Waals surface area contributed by atoms with Gasteiger partial charge in [-0.1, -0.05) is 24.3 Å². The summed E-state index contributed by atoms with van der Waals surface area (Å²) in [5.74, 6) is -2.60. The van der Waals surface area contributed by atoms with Gasteiger partial charge in [-0.2, -0.15) is 5.26 Å². The first-order valence-electron chi connectivity index (χ1n) is 7.92. The van der Waals surface area contributed by atoms with Crippen LogP contribution in [0.5, 0.6) is 5.75 Å². The molecule has 0 spiro atoms. The zero-order valence-electron chi connectivity index (χ0n) is 14.4. The molecule has 0 radical (unpaired) electrons. The molecule has 0 bridgehead atoms. The van der Waals surface area contributed by atoms with Crippen LogP contribution in [-0.4, -0.2) is 46.0 Å². The van der Waals surface area contributed by atoms with E-state index >= 15 is 0 Å². The molecule has 2 amide bonds.